The fourth-order valence-electron chi connectivity index (χ4n) is 2.34. The van der Waals surface area contributed by atoms with Crippen LogP contribution in [0.4, 0.5) is 5.69 Å². The number of benzene rings is 2. The molecule has 0 bridgehead atoms. The second-order valence-corrected chi connectivity index (χ2v) is 6.48. The van der Waals surface area contributed by atoms with Crippen LogP contribution in [-0.2, 0) is 9.59 Å². The van der Waals surface area contributed by atoms with E-state index in [9.17, 15) is 9.59 Å². The van der Waals surface area contributed by atoms with Crippen LogP contribution in [0.1, 0.15) is 43.7 Å². The molecule has 2 amide bonds. The fourth-order valence-corrected chi connectivity index (χ4v) is 2.34. The number of anilines is 1. The van der Waals surface area contributed by atoms with E-state index in [-0.39, 0.29) is 24.7 Å². The Morgan fingerprint density at radius 1 is 1.07 bits per heavy atom. The molecule has 6 heteroatoms. The summed E-state index contributed by atoms with van der Waals surface area (Å²) < 4.78 is 5.64. The summed E-state index contributed by atoms with van der Waals surface area (Å²) in [6.45, 7) is 4.77. The molecule has 0 unspecified atom stereocenters. The highest BCUT2D eigenvalue weighted by molar-refractivity contribution is 5.93. The Balaban J connectivity index is 1.72. The number of aryl methyl sites for hydroxylation is 1. The highest BCUT2D eigenvalue weighted by Gasteiger charge is 2.06. The van der Waals surface area contributed by atoms with E-state index in [1.165, 1.54) is 0 Å². The minimum absolute atomic E-state index is 0.0647. The van der Waals surface area contributed by atoms with E-state index in [0.29, 0.717) is 6.61 Å². The normalized spacial score (nSPS) is 10.6. The molecule has 0 atom stereocenters. The molecule has 2 aromatic rings. The van der Waals surface area contributed by atoms with Crippen molar-refractivity contribution >= 4 is 23.7 Å². The van der Waals surface area contributed by atoms with E-state index in [1.54, 1.807) is 6.21 Å². The van der Waals surface area contributed by atoms with Crippen molar-refractivity contribution < 1.29 is 14.3 Å². The van der Waals surface area contributed by atoms with Crippen molar-refractivity contribution in [2.24, 2.45) is 5.10 Å². The van der Waals surface area contributed by atoms with Gasteiger partial charge in [0.05, 0.1) is 12.8 Å². The topological polar surface area (TPSA) is 79.8 Å². The second kappa shape index (κ2) is 11.5. The minimum atomic E-state index is -0.314. The highest BCUT2D eigenvalue weighted by Crippen LogP contribution is 2.12. The first-order valence-electron chi connectivity index (χ1n) is 9.48. The van der Waals surface area contributed by atoms with Gasteiger partial charge in [0.25, 0.3) is 0 Å². The monoisotopic (exact) mass is 381 g/mol. The fraction of sp³-hybridized carbons (Fsp3) is 0.318. The third-order valence-corrected chi connectivity index (χ3v) is 3.94. The number of hydrogen-bond acceptors (Lipinski definition) is 4. The molecule has 0 heterocycles. The summed E-state index contributed by atoms with van der Waals surface area (Å²) in [7, 11) is 0. The van der Waals surface area contributed by atoms with Gasteiger partial charge in [0.15, 0.2) is 0 Å². The summed E-state index contributed by atoms with van der Waals surface area (Å²) in [6, 6.07) is 15.0. The third-order valence-electron chi connectivity index (χ3n) is 3.94. The first-order chi connectivity index (χ1) is 13.6. The zero-order valence-corrected chi connectivity index (χ0v) is 16.4. The van der Waals surface area contributed by atoms with Crippen molar-refractivity contribution in [3.05, 3.63) is 59.7 Å². The smallest absolute Gasteiger partial charge is 0.240 e. The van der Waals surface area contributed by atoms with Crippen molar-refractivity contribution in [2.45, 2.75) is 39.5 Å². The van der Waals surface area contributed by atoms with Crippen LogP contribution in [0.5, 0.6) is 5.75 Å². The average Bonchev–Trinajstić information content (AvgIpc) is 2.69. The molecular formula is C22H27N3O3. The third kappa shape index (κ3) is 8.03. The maximum Gasteiger partial charge on any atom is 0.240 e. The van der Waals surface area contributed by atoms with Crippen LogP contribution in [0.2, 0.25) is 0 Å². The van der Waals surface area contributed by atoms with E-state index in [1.807, 2.05) is 55.5 Å². The van der Waals surface area contributed by atoms with Gasteiger partial charge < -0.3 is 10.1 Å². The van der Waals surface area contributed by atoms with E-state index < -0.39 is 0 Å². The maximum atomic E-state index is 11.9. The quantitative estimate of drug-likeness (QED) is 0.370. The van der Waals surface area contributed by atoms with Crippen LogP contribution < -0.4 is 15.5 Å². The van der Waals surface area contributed by atoms with Gasteiger partial charge in [0, 0.05) is 18.5 Å². The van der Waals surface area contributed by atoms with Crippen molar-refractivity contribution in [1.82, 2.24) is 5.43 Å². The second-order valence-electron chi connectivity index (χ2n) is 6.48. The van der Waals surface area contributed by atoms with E-state index in [0.717, 1.165) is 35.4 Å². The molecule has 0 radical (unpaired) electrons. The van der Waals surface area contributed by atoms with Crippen LogP contribution in [0.3, 0.4) is 0 Å². The van der Waals surface area contributed by atoms with E-state index in [2.05, 4.69) is 22.8 Å². The first kappa shape index (κ1) is 21.2. The molecule has 0 aromatic heterocycles. The summed E-state index contributed by atoms with van der Waals surface area (Å²) in [5, 5.41) is 6.70. The zero-order valence-electron chi connectivity index (χ0n) is 16.4. The van der Waals surface area contributed by atoms with Gasteiger partial charge in [-0.1, -0.05) is 43.2 Å². The molecule has 148 valence electrons. The summed E-state index contributed by atoms with van der Waals surface area (Å²) in [6.07, 6.45) is 3.80. The molecule has 2 rings (SSSR count). The Bertz CT molecular complexity index is 801. The Morgan fingerprint density at radius 2 is 1.82 bits per heavy atom. The summed E-state index contributed by atoms with van der Waals surface area (Å²) in [5.74, 6) is 0.252. The van der Waals surface area contributed by atoms with Crippen molar-refractivity contribution in [1.29, 1.82) is 0 Å². The summed E-state index contributed by atoms with van der Waals surface area (Å²) in [5.41, 5.74) is 5.10. The number of amides is 2. The Kier molecular flexibility index (Phi) is 8.72. The Labute approximate surface area is 166 Å². The summed E-state index contributed by atoms with van der Waals surface area (Å²) in [4.78, 5) is 23.7. The molecule has 28 heavy (non-hydrogen) atoms. The number of hydrazone groups is 1. The van der Waals surface area contributed by atoms with Gasteiger partial charge >= 0.3 is 0 Å². The molecule has 2 aromatic carbocycles. The lowest BCUT2D eigenvalue weighted by Crippen LogP contribution is -2.20. The van der Waals surface area contributed by atoms with Crippen molar-refractivity contribution in [3.8, 4) is 5.75 Å². The molecule has 6 nitrogen and oxygen atoms in total. The van der Waals surface area contributed by atoms with Crippen molar-refractivity contribution in [3.63, 3.8) is 0 Å². The van der Waals surface area contributed by atoms with Crippen LogP contribution in [0.25, 0.3) is 0 Å². The molecule has 2 N–H and O–H groups in total. The van der Waals surface area contributed by atoms with Gasteiger partial charge in [0.1, 0.15) is 5.75 Å². The zero-order chi connectivity index (χ0) is 20.2. The van der Waals surface area contributed by atoms with Gasteiger partial charge in [-0.2, -0.15) is 5.10 Å². The number of nitrogens with zero attached hydrogens (tertiary/aromatic N) is 1. The predicted octanol–water partition coefficient (Wildman–Crippen LogP) is 4.04. The van der Waals surface area contributed by atoms with Gasteiger partial charge in [-0.25, -0.2) is 5.43 Å². The molecule has 0 spiro atoms. The Morgan fingerprint density at radius 3 is 2.57 bits per heavy atom. The standard InChI is InChI=1S/C22H27N3O3/c1-3-4-14-28-20-7-5-6-18(15-20)16-23-25-22(27)13-12-21(26)24-19-10-8-17(2)9-11-19/h5-11,15-16H,3-4,12-14H2,1-2H3,(H,24,26)(H,25,27). The Hall–Kier alpha value is -3.15. The minimum Gasteiger partial charge on any atom is -0.494 e. The van der Waals surface area contributed by atoms with Crippen LogP contribution >= 0.6 is 0 Å². The molecule has 0 saturated heterocycles. The molecule has 0 aliphatic rings. The SMILES string of the molecule is CCCCOc1cccc(C=NNC(=O)CCC(=O)Nc2ccc(C)cc2)c1. The molecular weight excluding hydrogens is 354 g/mol. The van der Waals surface area contributed by atoms with Crippen LogP contribution in [-0.4, -0.2) is 24.6 Å². The average molecular weight is 381 g/mol. The molecule has 0 aliphatic carbocycles. The molecule has 0 aliphatic heterocycles. The number of unbranched alkanes of at least 4 members (excludes halogenated alkanes) is 1. The van der Waals surface area contributed by atoms with Gasteiger partial charge in [0.2, 0.25) is 11.8 Å². The lowest BCUT2D eigenvalue weighted by Gasteiger charge is -2.06. The first-order valence-corrected chi connectivity index (χ1v) is 9.48. The summed E-state index contributed by atoms with van der Waals surface area (Å²) >= 11 is 0. The number of rotatable bonds is 10. The predicted molar refractivity (Wildman–Crippen MR) is 112 cm³/mol. The van der Waals surface area contributed by atoms with E-state index >= 15 is 0 Å². The lowest BCUT2D eigenvalue weighted by molar-refractivity contribution is -0.124. The lowest BCUT2D eigenvalue weighted by atomic mass is 10.2. The van der Waals surface area contributed by atoms with E-state index in [4.69, 9.17) is 4.74 Å². The number of carbonyl (C=O) groups excluding carboxylic acids is 2. The van der Waals surface area contributed by atoms with Gasteiger partial charge in [-0.15, -0.1) is 0 Å². The van der Waals surface area contributed by atoms with Gasteiger partial charge in [-0.05, 0) is 43.2 Å². The van der Waals surface area contributed by atoms with Crippen molar-refractivity contribution in [2.75, 3.05) is 11.9 Å². The van der Waals surface area contributed by atoms with Crippen LogP contribution in [0, 0.1) is 6.92 Å². The molecule has 0 saturated carbocycles. The number of hydrogen-bond donors (Lipinski definition) is 2. The molecule has 0 fully saturated rings. The number of nitrogens with one attached hydrogen (secondary N) is 2. The van der Waals surface area contributed by atoms with Gasteiger partial charge in [-0.3, -0.25) is 9.59 Å². The largest absolute Gasteiger partial charge is 0.494 e. The van der Waals surface area contributed by atoms with Crippen LogP contribution in [0.15, 0.2) is 53.6 Å². The number of ether oxygens (including phenoxy) is 1. The maximum absolute atomic E-state index is 11.9. The highest BCUT2D eigenvalue weighted by atomic mass is 16.5. The number of carbonyl (C=O) groups is 2.